The number of rotatable bonds is 6. The molecule has 1 heterocycles. The van der Waals surface area contributed by atoms with Crippen LogP contribution in [0.1, 0.15) is 12.8 Å². The summed E-state index contributed by atoms with van der Waals surface area (Å²) in [4.78, 5) is 11.3. The summed E-state index contributed by atoms with van der Waals surface area (Å²) in [6.45, 7) is 2.08. The fourth-order valence-corrected chi connectivity index (χ4v) is 1.49. The van der Waals surface area contributed by atoms with Crippen molar-refractivity contribution >= 4 is 5.91 Å². The van der Waals surface area contributed by atoms with Crippen molar-refractivity contribution in [3.05, 3.63) is 0 Å². The number of amides is 1. The van der Waals surface area contributed by atoms with Gasteiger partial charge in [0.2, 0.25) is 5.91 Å². The summed E-state index contributed by atoms with van der Waals surface area (Å²) in [7, 11) is 0. The van der Waals surface area contributed by atoms with Gasteiger partial charge >= 0.3 is 0 Å². The standard InChI is InChI=1S/C10H20N2O4/c11-3-6-16-7-9(13)12-8-10(14)1-4-15-5-2-10/h14H,1-8,11H2,(H,12,13). The summed E-state index contributed by atoms with van der Waals surface area (Å²) in [5, 5.41) is 12.7. The minimum Gasteiger partial charge on any atom is -0.388 e. The van der Waals surface area contributed by atoms with E-state index in [1.54, 1.807) is 0 Å². The van der Waals surface area contributed by atoms with Crippen LogP contribution in [0.15, 0.2) is 0 Å². The third-order valence-corrected chi connectivity index (χ3v) is 2.53. The van der Waals surface area contributed by atoms with Crippen LogP contribution < -0.4 is 11.1 Å². The van der Waals surface area contributed by atoms with Crippen molar-refractivity contribution in [3.63, 3.8) is 0 Å². The van der Waals surface area contributed by atoms with Crippen molar-refractivity contribution in [2.24, 2.45) is 5.73 Å². The molecule has 0 radical (unpaired) electrons. The highest BCUT2D eigenvalue weighted by Gasteiger charge is 2.29. The third kappa shape index (κ3) is 4.89. The van der Waals surface area contributed by atoms with Crippen molar-refractivity contribution in [2.75, 3.05) is 39.5 Å². The maximum absolute atomic E-state index is 11.3. The van der Waals surface area contributed by atoms with Crippen molar-refractivity contribution in [1.82, 2.24) is 5.32 Å². The molecule has 0 saturated carbocycles. The van der Waals surface area contributed by atoms with E-state index < -0.39 is 5.60 Å². The van der Waals surface area contributed by atoms with E-state index in [-0.39, 0.29) is 19.1 Å². The Bertz CT molecular complexity index is 217. The molecule has 0 aromatic rings. The third-order valence-electron chi connectivity index (χ3n) is 2.53. The molecule has 6 heteroatoms. The van der Waals surface area contributed by atoms with Crippen LogP contribution in [0.3, 0.4) is 0 Å². The monoisotopic (exact) mass is 232 g/mol. The van der Waals surface area contributed by atoms with Gasteiger partial charge in [-0.05, 0) is 0 Å². The van der Waals surface area contributed by atoms with Gasteiger partial charge in [-0.1, -0.05) is 0 Å². The zero-order valence-corrected chi connectivity index (χ0v) is 9.41. The zero-order chi connectivity index (χ0) is 11.9. The number of carbonyl (C=O) groups is 1. The molecule has 1 rings (SSSR count). The zero-order valence-electron chi connectivity index (χ0n) is 9.41. The fourth-order valence-electron chi connectivity index (χ4n) is 1.49. The lowest BCUT2D eigenvalue weighted by atomic mass is 9.94. The highest BCUT2D eigenvalue weighted by atomic mass is 16.5. The Balaban J connectivity index is 2.14. The average Bonchev–Trinajstić information content (AvgIpc) is 2.28. The molecule has 0 bridgehead atoms. The largest absolute Gasteiger partial charge is 0.388 e. The molecular formula is C10H20N2O4. The second-order valence-corrected chi connectivity index (χ2v) is 3.95. The maximum atomic E-state index is 11.3. The maximum Gasteiger partial charge on any atom is 0.246 e. The Morgan fingerprint density at radius 1 is 1.50 bits per heavy atom. The van der Waals surface area contributed by atoms with Crippen molar-refractivity contribution < 1.29 is 19.4 Å². The molecule has 0 spiro atoms. The number of aliphatic hydroxyl groups is 1. The van der Waals surface area contributed by atoms with Gasteiger partial charge in [0, 0.05) is 39.1 Å². The van der Waals surface area contributed by atoms with Crippen molar-refractivity contribution in [1.29, 1.82) is 0 Å². The van der Waals surface area contributed by atoms with E-state index in [9.17, 15) is 9.90 Å². The van der Waals surface area contributed by atoms with Gasteiger partial charge in [0.05, 0.1) is 12.2 Å². The molecule has 16 heavy (non-hydrogen) atoms. The van der Waals surface area contributed by atoms with E-state index in [0.717, 1.165) is 0 Å². The first-order valence-electron chi connectivity index (χ1n) is 5.51. The van der Waals surface area contributed by atoms with E-state index >= 15 is 0 Å². The van der Waals surface area contributed by atoms with E-state index in [2.05, 4.69) is 5.32 Å². The minimum absolute atomic E-state index is 0.0101. The average molecular weight is 232 g/mol. The Labute approximate surface area is 95.1 Å². The lowest BCUT2D eigenvalue weighted by molar-refractivity contribution is -0.128. The predicted molar refractivity (Wildman–Crippen MR) is 57.9 cm³/mol. The van der Waals surface area contributed by atoms with Crippen LogP contribution >= 0.6 is 0 Å². The van der Waals surface area contributed by atoms with Crippen LogP contribution in [0.4, 0.5) is 0 Å². The SMILES string of the molecule is NCCOCC(=O)NCC1(O)CCOCC1. The second-order valence-electron chi connectivity index (χ2n) is 3.95. The molecule has 4 N–H and O–H groups in total. The highest BCUT2D eigenvalue weighted by Crippen LogP contribution is 2.18. The summed E-state index contributed by atoms with van der Waals surface area (Å²) in [6.07, 6.45) is 1.11. The number of ether oxygens (including phenoxy) is 2. The predicted octanol–water partition coefficient (Wildman–Crippen LogP) is -1.38. The van der Waals surface area contributed by atoms with Crippen molar-refractivity contribution in [3.8, 4) is 0 Å². The molecule has 0 aromatic carbocycles. The molecule has 1 saturated heterocycles. The Morgan fingerprint density at radius 3 is 2.81 bits per heavy atom. The first-order valence-corrected chi connectivity index (χ1v) is 5.51. The molecule has 1 aliphatic heterocycles. The van der Waals surface area contributed by atoms with Crippen LogP contribution in [0.5, 0.6) is 0 Å². The first kappa shape index (κ1) is 13.4. The van der Waals surface area contributed by atoms with E-state index in [1.807, 2.05) is 0 Å². The normalized spacial score (nSPS) is 19.4. The van der Waals surface area contributed by atoms with Gasteiger partial charge in [0.1, 0.15) is 6.61 Å². The smallest absolute Gasteiger partial charge is 0.246 e. The quantitative estimate of drug-likeness (QED) is 0.491. The lowest BCUT2D eigenvalue weighted by Crippen LogP contribution is -2.47. The Morgan fingerprint density at radius 2 is 2.19 bits per heavy atom. The second kappa shape index (κ2) is 6.80. The number of hydrogen-bond donors (Lipinski definition) is 3. The van der Waals surface area contributed by atoms with Gasteiger partial charge in [-0.2, -0.15) is 0 Å². The molecular weight excluding hydrogens is 212 g/mol. The highest BCUT2D eigenvalue weighted by molar-refractivity contribution is 5.77. The molecule has 1 amide bonds. The number of nitrogens with one attached hydrogen (secondary N) is 1. The van der Waals surface area contributed by atoms with E-state index in [1.165, 1.54) is 0 Å². The molecule has 1 fully saturated rings. The van der Waals surface area contributed by atoms with Gasteiger partial charge < -0.3 is 25.6 Å². The molecule has 0 atom stereocenters. The number of hydrogen-bond acceptors (Lipinski definition) is 5. The molecule has 0 unspecified atom stereocenters. The van der Waals surface area contributed by atoms with E-state index in [0.29, 0.717) is 39.2 Å². The molecule has 1 aliphatic rings. The summed E-state index contributed by atoms with van der Waals surface area (Å²) >= 11 is 0. The first-order chi connectivity index (χ1) is 7.66. The molecule has 0 aromatic heterocycles. The molecule has 6 nitrogen and oxygen atoms in total. The number of carbonyl (C=O) groups excluding carboxylic acids is 1. The molecule has 94 valence electrons. The topological polar surface area (TPSA) is 93.8 Å². The van der Waals surface area contributed by atoms with Crippen LogP contribution in [0.25, 0.3) is 0 Å². The Kier molecular flexibility index (Phi) is 5.68. The summed E-state index contributed by atoms with van der Waals surface area (Å²) in [5.41, 5.74) is 4.38. The van der Waals surface area contributed by atoms with Crippen LogP contribution in [0, 0.1) is 0 Å². The van der Waals surface area contributed by atoms with Gasteiger partial charge in [-0.15, -0.1) is 0 Å². The van der Waals surface area contributed by atoms with Gasteiger partial charge in [0.15, 0.2) is 0 Å². The summed E-state index contributed by atoms with van der Waals surface area (Å²) < 4.78 is 10.1. The summed E-state index contributed by atoms with van der Waals surface area (Å²) in [6, 6.07) is 0. The van der Waals surface area contributed by atoms with Crippen LogP contribution in [-0.2, 0) is 14.3 Å². The number of nitrogens with two attached hydrogens (primary N) is 1. The lowest BCUT2D eigenvalue weighted by Gasteiger charge is -2.32. The molecule has 0 aliphatic carbocycles. The minimum atomic E-state index is -0.832. The van der Waals surface area contributed by atoms with Crippen LogP contribution in [-0.4, -0.2) is 56.1 Å². The van der Waals surface area contributed by atoms with Crippen molar-refractivity contribution in [2.45, 2.75) is 18.4 Å². The van der Waals surface area contributed by atoms with Gasteiger partial charge in [0.25, 0.3) is 0 Å². The van der Waals surface area contributed by atoms with Crippen LogP contribution in [0.2, 0.25) is 0 Å². The fraction of sp³-hybridized carbons (Fsp3) is 0.900. The Hall–Kier alpha value is -0.690. The summed E-state index contributed by atoms with van der Waals surface area (Å²) in [5.74, 6) is -0.228. The van der Waals surface area contributed by atoms with Gasteiger partial charge in [-0.25, -0.2) is 0 Å². The van der Waals surface area contributed by atoms with Gasteiger partial charge in [-0.3, -0.25) is 4.79 Å². The van der Waals surface area contributed by atoms with E-state index in [4.69, 9.17) is 15.2 Å².